The highest BCUT2D eigenvalue weighted by atomic mass is 16.5. The summed E-state index contributed by atoms with van der Waals surface area (Å²) in [4.78, 5) is 23.8. The number of nitrogens with two attached hydrogens (primary N) is 1. The van der Waals surface area contributed by atoms with Crippen LogP contribution in [0.15, 0.2) is 97.7 Å². The molecule has 7 heteroatoms. The van der Waals surface area contributed by atoms with Crippen LogP contribution in [-0.4, -0.2) is 21.6 Å². The first kappa shape index (κ1) is 20.6. The van der Waals surface area contributed by atoms with Gasteiger partial charge in [-0.05, 0) is 48.5 Å². The summed E-state index contributed by atoms with van der Waals surface area (Å²) in [5, 5.41) is 7.32. The summed E-state index contributed by atoms with van der Waals surface area (Å²) in [7, 11) is 0. The van der Waals surface area contributed by atoms with Crippen molar-refractivity contribution in [2.24, 2.45) is 5.73 Å². The summed E-state index contributed by atoms with van der Waals surface area (Å²) in [6, 6.07) is 23.7. The zero-order valence-corrected chi connectivity index (χ0v) is 17.1. The van der Waals surface area contributed by atoms with Gasteiger partial charge in [0.05, 0.1) is 11.3 Å². The Labute approximate surface area is 184 Å². The third-order valence-corrected chi connectivity index (χ3v) is 4.66. The fourth-order valence-electron chi connectivity index (χ4n) is 3.17. The molecule has 0 aliphatic heterocycles. The van der Waals surface area contributed by atoms with E-state index in [1.54, 1.807) is 36.5 Å². The van der Waals surface area contributed by atoms with Gasteiger partial charge in [-0.2, -0.15) is 5.10 Å². The van der Waals surface area contributed by atoms with Crippen LogP contribution in [0.1, 0.15) is 10.4 Å². The third-order valence-electron chi connectivity index (χ3n) is 4.66. The molecule has 0 atom stereocenters. The summed E-state index contributed by atoms with van der Waals surface area (Å²) in [5.74, 6) is 0.258. The molecule has 7 nitrogen and oxygen atoms in total. The highest BCUT2D eigenvalue weighted by Gasteiger charge is 2.20. The van der Waals surface area contributed by atoms with Gasteiger partial charge in [-0.3, -0.25) is 9.59 Å². The fourth-order valence-corrected chi connectivity index (χ4v) is 3.17. The van der Waals surface area contributed by atoms with Crippen LogP contribution in [0.2, 0.25) is 0 Å². The number of benzene rings is 3. The maximum absolute atomic E-state index is 12.2. The molecule has 0 bridgehead atoms. The topological polar surface area (TPSA) is 99.2 Å². The van der Waals surface area contributed by atoms with Gasteiger partial charge < -0.3 is 15.8 Å². The summed E-state index contributed by atoms with van der Waals surface area (Å²) in [6.07, 6.45) is 2.75. The van der Waals surface area contributed by atoms with E-state index in [1.807, 2.05) is 48.5 Å². The van der Waals surface area contributed by atoms with Crippen molar-refractivity contribution in [1.82, 2.24) is 9.78 Å². The van der Waals surface area contributed by atoms with Crippen LogP contribution >= 0.6 is 0 Å². The van der Waals surface area contributed by atoms with Crippen molar-refractivity contribution in [3.8, 4) is 28.4 Å². The largest absolute Gasteiger partial charge is 0.457 e. The molecule has 0 radical (unpaired) electrons. The van der Waals surface area contributed by atoms with E-state index in [-0.39, 0.29) is 11.5 Å². The lowest BCUT2D eigenvalue weighted by atomic mass is 10.1. The minimum Gasteiger partial charge on any atom is -0.457 e. The number of hydrogen-bond donors (Lipinski definition) is 2. The molecule has 0 saturated heterocycles. The Balaban J connectivity index is 1.76. The highest BCUT2D eigenvalue weighted by molar-refractivity contribution is 6.00. The fraction of sp³-hybridized carbons (Fsp3) is 0. The van der Waals surface area contributed by atoms with Crippen LogP contribution < -0.4 is 15.8 Å². The normalized spacial score (nSPS) is 10.4. The predicted molar refractivity (Wildman–Crippen MR) is 123 cm³/mol. The van der Waals surface area contributed by atoms with E-state index in [2.05, 4.69) is 17.0 Å². The summed E-state index contributed by atoms with van der Waals surface area (Å²) in [5.41, 5.74) is 8.13. The lowest BCUT2D eigenvalue weighted by Crippen LogP contribution is -2.11. The van der Waals surface area contributed by atoms with Gasteiger partial charge >= 0.3 is 0 Å². The summed E-state index contributed by atoms with van der Waals surface area (Å²) < 4.78 is 7.57. The van der Waals surface area contributed by atoms with Gasteiger partial charge in [0.25, 0.3) is 5.91 Å². The van der Waals surface area contributed by atoms with Gasteiger partial charge in [0.1, 0.15) is 17.2 Å². The van der Waals surface area contributed by atoms with Gasteiger partial charge in [-0.25, -0.2) is 4.68 Å². The average molecular weight is 424 g/mol. The second-order valence-electron chi connectivity index (χ2n) is 6.86. The van der Waals surface area contributed by atoms with Crippen LogP contribution in [0, 0.1) is 0 Å². The van der Waals surface area contributed by atoms with E-state index in [1.165, 1.54) is 10.8 Å². The van der Waals surface area contributed by atoms with Crippen molar-refractivity contribution in [2.75, 3.05) is 5.32 Å². The number of primary amides is 1. The van der Waals surface area contributed by atoms with E-state index >= 15 is 0 Å². The van der Waals surface area contributed by atoms with E-state index in [4.69, 9.17) is 10.5 Å². The highest BCUT2D eigenvalue weighted by Crippen LogP contribution is 2.34. The van der Waals surface area contributed by atoms with Gasteiger partial charge in [0.2, 0.25) is 5.91 Å². The number of amides is 2. The molecule has 0 aliphatic carbocycles. The van der Waals surface area contributed by atoms with Crippen molar-refractivity contribution in [3.63, 3.8) is 0 Å². The van der Waals surface area contributed by atoms with Crippen LogP contribution in [0.5, 0.6) is 11.5 Å². The molecule has 3 aromatic carbocycles. The number of hydrogen-bond acceptors (Lipinski definition) is 4. The second-order valence-corrected chi connectivity index (χ2v) is 6.86. The molecule has 4 rings (SSSR count). The Kier molecular flexibility index (Phi) is 5.81. The quantitative estimate of drug-likeness (QED) is 0.425. The zero-order chi connectivity index (χ0) is 22.5. The van der Waals surface area contributed by atoms with Crippen LogP contribution in [0.4, 0.5) is 5.69 Å². The average Bonchev–Trinajstić information content (AvgIpc) is 3.26. The number of aromatic nitrogens is 2. The van der Waals surface area contributed by atoms with Crippen molar-refractivity contribution >= 4 is 17.5 Å². The first-order valence-electron chi connectivity index (χ1n) is 9.81. The monoisotopic (exact) mass is 424 g/mol. The Morgan fingerprint density at radius 3 is 2.50 bits per heavy atom. The van der Waals surface area contributed by atoms with E-state index in [9.17, 15) is 9.59 Å². The van der Waals surface area contributed by atoms with Crippen molar-refractivity contribution in [2.45, 2.75) is 0 Å². The Morgan fingerprint density at radius 2 is 1.75 bits per heavy atom. The molecule has 2 amide bonds. The molecule has 3 N–H and O–H groups in total. The van der Waals surface area contributed by atoms with Gasteiger partial charge in [-0.15, -0.1) is 0 Å². The van der Waals surface area contributed by atoms with Gasteiger partial charge in [0.15, 0.2) is 0 Å². The van der Waals surface area contributed by atoms with Crippen LogP contribution in [0.3, 0.4) is 0 Å². The lowest BCUT2D eigenvalue weighted by Gasteiger charge is -2.10. The minimum atomic E-state index is -0.614. The number of para-hydroxylation sites is 2. The van der Waals surface area contributed by atoms with Crippen LogP contribution in [0.25, 0.3) is 16.9 Å². The molecule has 158 valence electrons. The van der Waals surface area contributed by atoms with Crippen molar-refractivity contribution in [1.29, 1.82) is 0 Å². The summed E-state index contributed by atoms with van der Waals surface area (Å²) in [6.45, 7) is 3.45. The van der Waals surface area contributed by atoms with Crippen molar-refractivity contribution in [3.05, 3.63) is 103 Å². The summed E-state index contributed by atoms with van der Waals surface area (Å²) >= 11 is 0. The van der Waals surface area contributed by atoms with E-state index in [0.717, 1.165) is 0 Å². The van der Waals surface area contributed by atoms with Crippen molar-refractivity contribution < 1.29 is 14.3 Å². The smallest absolute Gasteiger partial charge is 0.252 e. The zero-order valence-electron chi connectivity index (χ0n) is 17.1. The molecule has 0 fully saturated rings. The molecule has 4 aromatic rings. The SMILES string of the molecule is C=CC(=O)Nc1cccc(-n2cc(C(N)=O)c(-c3ccccc3Oc3ccccc3)n2)c1. The van der Waals surface area contributed by atoms with Gasteiger partial charge in [-0.1, -0.05) is 43.0 Å². The Bertz CT molecular complexity index is 1300. The maximum Gasteiger partial charge on any atom is 0.252 e. The molecular formula is C25H20N4O3. The lowest BCUT2D eigenvalue weighted by molar-refractivity contribution is -0.111. The standard InChI is InChI=1S/C25H20N4O3/c1-2-23(30)27-17-9-8-10-18(15-17)29-16-21(25(26)31)24(28-29)20-13-6-7-14-22(20)32-19-11-4-3-5-12-19/h2-16H,1H2,(H2,26,31)(H,27,30). The molecule has 1 heterocycles. The van der Waals surface area contributed by atoms with Crippen LogP contribution in [-0.2, 0) is 4.79 Å². The first-order valence-corrected chi connectivity index (χ1v) is 9.81. The molecule has 0 saturated carbocycles. The Morgan fingerprint density at radius 1 is 1.00 bits per heavy atom. The number of nitrogens with one attached hydrogen (secondary N) is 1. The van der Waals surface area contributed by atoms with E-state index in [0.29, 0.717) is 34.1 Å². The molecule has 1 aromatic heterocycles. The molecular weight excluding hydrogens is 404 g/mol. The minimum absolute atomic E-state index is 0.245. The number of carbonyl (C=O) groups is 2. The second kappa shape index (κ2) is 9.01. The molecule has 32 heavy (non-hydrogen) atoms. The maximum atomic E-state index is 12.2. The third kappa shape index (κ3) is 4.41. The number of anilines is 1. The van der Waals surface area contributed by atoms with Gasteiger partial charge in [0, 0.05) is 17.4 Å². The van der Waals surface area contributed by atoms with E-state index < -0.39 is 5.91 Å². The molecule has 0 spiro atoms. The number of nitrogens with zero attached hydrogens (tertiary/aromatic N) is 2. The number of carbonyl (C=O) groups excluding carboxylic acids is 2. The number of ether oxygens (including phenoxy) is 1. The Hall–Kier alpha value is -4.65. The number of rotatable bonds is 7. The first-order chi connectivity index (χ1) is 15.5. The predicted octanol–water partition coefficient (Wildman–Crippen LogP) is 4.56. The molecule has 0 aliphatic rings. The molecule has 0 unspecified atom stereocenters.